The molecule has 2 heterocycles. The van der Waals surface area contributed by atoms with E-state index in [1.54, 1.807) is 36.2 Å². The molecule has 166 valence electrons. The number of aromatic nitrogens is 3. The van der Waals surface area contributed by atoms with Crippen molar-refractivity contribution in [2.75, 3.05) is 31.4 Å². The van der Waals surface area contributed by atoms with E-state index in [9.17, 15) is 9.59 Å². The van der Waals surface area contributed by atoms with Crippen molar-refractivity contribution < 1.29 is 23.8 Å². The lowest BCUT2D eigenvalue weighted by molar-refractivity contribution is -0.119. The summed E-state index contributed by atoms with van der Waals surface area (Å²) < 4.78 is 18.1. The maximum absolute atomic E-state index is 12.2. The average molecular weight is 455 g/mol. The van der Waals surface area contributed by atoms with Crippen molar-refractivity contribution in [2.24, 2.45) is 0 Å². The first-order valence-corrected chi connectivity index (χ1v) is 10.8. The Balaban J connectivity index is 1.27. The van der Waals surface area contributed by atoms with Crippen molar-refractivity contribution in [1.82, 2.24) is 20.1 Å². The van der Waals surface area contributed by atoms with Gasteiger partial charge >= 0.3 is 6.03 Å². The van der Waals surface area contributed by atoms with E-state index >= 15 is 0 Å². The standard InChI is InChI=1S/C21H21N5O5S/c1-29-16-5-3-2-4-15(16)26-13-22-25-21(26)32-11-8-19(27)24-20(28)23-14-6-7-17-18(12-14)31-10-9-30-17/h2-7,12-13H,8-11H2,1H3,(H2,23,24,27,28). The summed E-state index contributed by atoms with van der Waals surface area (Å²) in [7, 11) is 1.59. The summed E-state index contributed by atoms with van der Waals surface area (Å²) in [5, 5.41) is 13.6. The molecule has 0 radical (unpaired) electrons. The van der Waals surface area contributed by atoms with Gasteiger partial charge in [-0.1, -0.05) is 23.9 Å². The maximum Gasteiger partial charge on any atom is 0.325 e. The number of hydrogen-bond donors (Lipinski definition) is 2. The highest BCUT2D eigenvalue weighted by Gasteiger charge is 2.15. The number of ether oxygens (including phenoxy) is 3. The molecule has 0 aliphatic carbocycles. The molecule has 0 bridgehead atoms. The number of amides is 3. The van der Waals surface area contributed by atoms with Crippen LogP contribution in [0.2, 0.25) is 0 Å². The highest BCUT2D eigenvalue weighted by atomic mass is 32.2. The number of fused-ring (bicyclic) bond motifs is 1. The SMILES string of the molecule is COc1ccccc1-n1cnnc1SCCC(=O)NC(=O)Nc1ccc2c(c1)OCCO2. The molecular weight excluding hydrogens is 434 g/mol. The van der Waals surface area contributed by atoms with Gasteiger partial charge in [0, 0.05) is 23.9 Å². The molecule has 0 spiro atoms. The molecule has 0 unspecified atom stereocenters. The summed E-state index contributed by atoms with van der Waals surface area (Å²) in [5.41, 5.74) is 1.30. The first-order chi connectivity index (χ1) is 15.6. The van der Waals surface area contributed by atoms with Crippen molar-refractivity contribution in [3.05, 3.63) is 48.8 Å². The zero-order valence-corrected chi connectivity index (χ0v) is 18.1. The van der Waals surface area contributed by atoms with E-state index in [0.717, 1.165) is 5.69 Å². The molecule has 3 aromatic rings. The van der Waals surface area contributed by atoms with Crippen LogP contribution < -0.4 is 24.8 Å². The Labute approximate surface area is 188 Å². The summed E-state index contributed by atoms with van der Waals surface area (Å²) in [5.74, 6) is 1.86. The van der Waals surface area contributed by atoms with Crippen LogP contribution in [-0.2, 0) is 4.79 Å². The summed E-state index contributed by atoms with van der Waals surface area (Å²) in [6, 6.07) is 11.9. The van der Waals surface area contributed by atoms with Crippen LogP contribution >= 0.6 is 11.8 Å². The minimum atomic E-state index is -0.617. The van der Waals surface area contributed by atoms with Crippen molar-refractivity contribution >= 4 is 29.4 Å². The Hall–Kier alpha value is -3.73. The molecule has 1 aliphatic heterocycles. The van der Waals surface area contributed by atoms with Crippen molar-refractivity contribution in [1.29, 1.82) is 0 Å². The minimum absolute atomic E-state index is 0.123. The fourth-order valence-electron chi connectivity index (χ4n) is 3.02. The van der Waals surface area contributed by atoms with E-state index in [1.165, 1.54) is 11.8 Å². The van der Waals surface area contributed by atoms with Gasteiger partial charge in [-0.2, -0.15) is 0 Å². The molecule has 0 atom stereocenters. The molecule has 2 N–H and O–H groups in total. The second-order valence-corrected chi connectivity index (χ2v) is 7.68. The number of carbonyl (C=O) groups is 2. The van der Waals surface area contributed by atoms with Gasteiger partial charge in [0.05, 0.1) is 12.8 Å². The molecule has 4 rings (SSSR count). The van der Waals surface area contributed by atoms with E-state index < -0.39 is 11.9 Å². The van der Waals surface area contributed by atoms with Gasteiger partial charge in [0.25, 0.3) is 0 Å². The predicted octanol–water partition coefficient (Wildman–Crippen LogP) is 2.88. The van der Waals surface area contributed by atoms with Crippen LogP contribution in [0.4, 0.5) is 10.5 Å². The normalized spacial score (nSPS) is 12.2. The summed E-state index contributed by atoms with van der Waals surface area (Å²) in [4.78, 5) is 24.3. The van der Waals surface area contributed by atoms with Crippen molar-refractivity contribution in [2.45, 2.75) is 11.6 Å². The smallest absolute Gasteiger partial charge is 0.325 e. The molecule has 0 saturated carbocycles. The molecule has 3 amide bonds. The number of carbonyl (C=O) groups excluding carboxylic acids is 2. The highest BCUT2D eigenvalue weighted by molar-refractivity contribution is 7.99. The van der Waals surface area contributed by atoms with Crippen molar-refractivity contribution in [3.8, 4) is 22.9 Å². The monoisotopic (exact) mass is 455 g/mol. The fourth-order valence-corrected chi connectivity index (χ4v) is 3.88. The summed E-state index contributed by atoms with van der Waals surface area (Å²) in [6.07, 6.45) is 1.71. The maximum atomic E-state index is 12.2. The Morgan fingerprint density at radius 2 is 1.97 bits per heavy atom. The average Bonchev–Trinajstić information content (AvgIpc) is 3.27. The fraction of sp³-hybridized carbons (Fsp3) is 0.238. The van der Waals surface area contributed by atoms with E-state index in [0.29, 0.717) is 47.1 Å². The third-order valence-electron chi connectivity index (χ3n) is 4.47. The van der Waals surface area contributed by atoms with Crippen LogP contribution in [0.5, 0.6) is 17.2 Å². The number of para-hydroxylation sites is 2. The number of urea groups is 1. The topological polar surface area (TPSA) is 117 Å². The van der Waals surface area contributed by atoms with Gasteiger partial charge in [0.15, 0.2) is 16.7 Å². The summed E-state index contributed by atoms with van der Waals surface area (Å²) >= 11 is 1.35. The van der Waals surface area contributed by atoms with Gasteiger partial charge in [-0.3, -0.25) is 14.7 Å². The molecule has 32 heavy (non-hydrogen) atoms. The Kier molecular flexibility index (Phi) is 6.75. The third-order valence-corrected chi connectivity index (χ3v) is 5.42. The number of thioether (sulfide) groups is 1. The quantitative estimate of drug-likeness (QED) is 0.523. The van der Waals surface area contributed by atoms with Crippen LogP contribution in [0.15, 0.2) is 53.9 Å². The molecule has 2 aromatic carbocycles. The lowest BCUT2D eigenvalue weighted by Crippen LogP contribution is -2.34. The summed E-state index contributed by atoms with van der Waals surface area (Å²) in [6.45, 7) is 0.936. The van der Waals surface area contributed by atoms with Crippen LogP contribution in [0.3, 0.4) is 0 Å². The van der Waals surface area contributed by atoms with E-state index in [1.807, 2.05) is 24.3 Å². The zero-order chi connectivity index (χ0) is 22.3. The zero-order valence-electron chi connectivity index (χ0n) is 17.2. The number of rotatable bonds is 7. The number of nitrogens with one attached hydrogen (secondary N) is 2. The first-order valence-electron chi connectivity index (χ1n) is 9.81. The van der Waals surface area contributed by atoms with Gasteiger partial charge in [0.1, 0.15) is 25.3 Å². The van der Waals surface area contributed by atoms with Gasteiger partial charge in [-0.05, 0) is 24.3 Å². The lowest BCUT2D eigenvalue weighted by Gasteiger charge is -2.19. The van der Waals surface area contributed by atoms with Crippen molar-refractivity contribution in [3.63, 3.8) is 0 Å². The number of hydrogen-bond acceptors (Lipinski definition) is 8. The molecule has 11 heteroatoms. The van der Waals surface area contributed by atoms with E-state index in [-0.39, 0.29) is 6.42 Å². The molecule has 1 aromatic heterocycles. The largest absolute Gasteiger partial charge is 0.495 e. The molecular formula is C21H21N5O5S. The van der Waals surface area contributed by atoms with Gasteiger partial charge < -0.3 is 19.5 Å². The van der Waals surface area contributed by atoms with E-state index in [4.69, 9.17) is 14.2 Å². The van der Waals surface area contributed by atoms with Gasteiger partial charge in [0.2, 0.25) is 5.91 Å². The van der Waals surface area contributed by atoms with Gasteiger partial charge in [-0.15, -0.1) is 10.2 Å². The second-order valence-electron chi connectivity index (χ2n) is 6.61. The van der Waals surface area contributed by atoms with Crippen LogP contribution in [0.25, 0.3) is 5.69 Å². The third kappa shape index (κ3) is 5.11. The Morgan fingerprint density at radius 1 is 1.16 bits per heavy atom. The number of benzene rings is 2. The molecule has 0 saturated heterocycles. The Morgan fingerprint density at radius 3 is 2.81 bits per heavy atom. The molecule has 1 aliphatic rings. The lowest BCUT2D eigenvalue weighted by atomic mass is 10.2. The Bertz CT molecular complexity index is 1120. The number of methoxy groups -OCH3 is 1. The molecule has 0 fully saturated rings. The number of anilines is 1. The van der Waals surface area contributed by atoms with Crippen LogP contribution in [0.1, 0.15) is 6.42 Å². The van der Waals surface area contributed by atoms with Gasteiger partial charge in [-0.25, -0.2) is 4.79 Å². The number of imide groups is 1. The minimum Gasteiger partial charge on any atom is -0.495 e. The highest BCUT2D eigenvalue weighted by Crippen LogP contribution is 2.32. The first kappa shape index (κ1) is 21.5. The second kappa shape index (κ2) is 10.1. The van der Waals surface area contributed by atoms with Crippen LogP contribution in [-0.4, -0.2) is 52.8 Å². The van der Waals surface area contributed by atoms with Crippen LogP contribution in [0, 0.1) is 0 Å². The molecule has 10 nitrogen and oxygen atoms in total. The number of nitrogens with zero attached hydrogens (tertiary/aromatic N) is 3. The predicted molar refractivity (Wildman–Crippen MR) is 118 cm³/mol. The van der Waals surface area contributed by atoms with E-state index in [2.05, 4.69) is 20.8 Å².